The molecule has 0 aliphatic heterocycles. The second-order valence-corrected chi connectivity index (χ2v) is 1.56. The van der Waals surface area contributed by atoms with Crippen LogP contribution in [0.3, 0.4) is 0 Å². The van der Waals surface area contributed by atoms with Crippen LogP contribution >= 0.6 is 12.4 Å². The summed E-state index contributed by atoms with van der Waals surface area (Å²) >= 11 is 0. The van der Waals surface area contributed by atoms with Crippen molar-refractivity contribution in [3.63, 3.8) is 0 Å². The van der Waals surface area contributed by atoms with E-state index in [1.807, 2.05) is 0 Å². The van der Waals surface area contributed by atoms with Gasteiger partial charge in [-0.15, -0.1) is 12.4 Å². The summed E-state index contributed by atoms with van der Waals surface area (Å²) in [6.45, 7) is 0. The van der Waals surface area contributed by atoms with Crippen LogP contribution in [-0.4, -0.2) is 16.1 Å². The maximum Gasteiger partial charge on any atom is 0.268 e. The molecule has 1 amide bonds. The number of H-pyrrole nitrogens is 1. The molecule has 0 spiro atoms. The Morgan fingerprint density at radius 1 is 1.70 bits per heavy atom. The molecular weight excluding hydrogens is 156 g/mol. The van der Waals surface area contributed by atoms with Crippen molar-refractivity contribution in [1.82, 2.24) is 10.2 Å². The molecule has 0 saturated heterocycles. The molecule has 1 heterocycles. The number of nitrogens with zero attached hydrogens (tertiary/aromatic N) is 1. The summed E-state index contributed by atoms with van der Waals surface area (Å²) in [4.78, 5) is 10.4. The van der Waals surface area contributed by atoms with Gasteiger partial charge in [0.05, 0.1) is 11.9 Å². The Labute approximate surface area is 63.2 Å². The molecule has 1 rings (SSSR count). The number of amides is 1. The van der Waals surface area contributed by atoms with Crippen LogP contribution in [0.15, 0.2) is 6.20 Å². The number of carbonyl (C=O) groups excluding carboxylic acids is 1. The van der Waals surface area contributed by atoms with Crippen molar-refractivity contribution in [3.05, 3.63) is 11.9 Å². The average Bonchev–Trinajstić information content (AvgIpc) is 2.13. The predicted octanol–water partition coefficient (Wildman–Crippen LogP) is -0.487. The molecule has 10 heavy (non-hydrogen) atoms. The summed E-state index contributed by atoms with van der Waals surface area (Å²) in [5.41, 5.74) is 10.6. The third-order valence-electron chi connectivity index (χ3n) is 0.915. The van der Waals surface area contributed by atoms with Crippen LogP contribution in [0.4, 0.5) is 5.69 Å². The van der Waals surface area contributed by atoms with E-state index in [-0.39, 0.29) is 23.8 Å². The molecular formula is C4H7ClN4O. The first-order chi connectivity index (χ1) is 4.22. The van der Waals surface area contributed by atoms with Crippen LogP contribution in [0.1, 0.15) is 10.5 Å². The van der Waals surface area contributed by atoms with Crippen molar-refractivity contribution < 1.29 is 4.79 Å². The summed E-state index contributed by atoms with van der Waals surface area (Å²) in [5, 5.41) is 5.85. The van der Waals surface area contributed by atoms with Crippen molar-refractivity contribution >= 4 is 24.0 Å². The Bertz CT molecular complexity index is 233. The summed E-state index contributed by atoms with van der Waals surface area (Å²) in [5.74, 6) is -0.593. The Hall–Kier alpha value is -1.23. The van der Waals surface area contributed by atoms with E-state index < -0.39 is 5.91 Å². The lowest BCUT2D eigenvalue weighted by Crippen LogP contribution is -2.13. The van der Waals surface area contributed by atoms with E-state index in [0.717, 1.165) is 0 Å². The van der Waals surface area contributed by atoms with Crippen LogP contribution in [0.25, 0.3) is 0 Å². The summed E-state index contributed by atoms with van der Waals surface area (Å²) in [6.07, 6.45) is 1.33. The zero-order valence-electron chi connectivity index (χ0n) is 5.00. The van der Waals surface area contributed by atoms with Crippen molar-refractivity contribution in [1.29, 1.82) is 0 Å². The average molecular weight is 163 g/mol. The quantitative estimate of drug-likeness (QED) is 0.520. The number of hydrogen-bond donors (Lipinski definition) is 3. The van der Waals surface area contributed by atoms with Crippen LogP contribution in [0.5, 0.6) is 0 Å². The van der Waals surface area contributed by atoms with E-state index in [2.05, 4.69) is 10.2 Å². The van der Waals surface area contributed by atoms with Gasteiger partial charge in [-0.05, 0) is 0 Å². The highest BCUT2D eigenvalue weighted by molar-refractivity contribution is 5.95. The molecule has 0 bridgehead atoms. The minimum absolute atomic E-state index is 0. The molecule has 0 atom stereocenters. The van der Waals surface area contributed by atoms with Crippen LogP contribution < -0.4 is 11.5 Å². The van der Waals surface area contributed by atoms with Crippen molar-refractivity contribution in [2.24, 2.45) is 5.73 Å². The second-order valence-electron chi connectivity index (χ2n) is 1.56. The first-order valence-electron chi connectivity index (χ1n) is 2.30. The summed E-state index contributed by atoms with van der Waals surface area (Å²) in [7, 11) is 0. The third-order valence-corrected chi connectivity index (χ3v) is 0.915. The number of primary amides is 1. The lowest BCUT2D eigenvalue weighted by molar-refractivity contribution is 0.0996. The molecule has 5 nitrogen and oxygen atoms in total. The number of aromatic amines is 1. The number of rotatable bonds is 1. The fraction of sp³-hybridized carbons (Fsp3) is 0. The lowest BCUT2D eigenvalue weighted by Gasteiger charge is -1.87. The molecule has 6 heteroatoms. The van der Waals surface area contributed by atoms with Gasteiger partial charge in [0.15, 0.2) is 0 Å². The molecule has 1 aromatic rings. The maximum absolute atomic E-state index is 10.4. The van der Waals surface area contributed by atoms with Gasteiger partial charge in [-0.2, -0.15) is 5.10 Å². The maximum atomic E-state index is 10.4. The molecule has 0 radical (unpaired) electrons. The number of halogens is 1. The van der Waals surface area contributed by atoms with Crippen molar-refractivity contribution in [2.75, 3.05) is 5.73 Å². The number of nitrogen functional groups attached to an aromatic ring is 1. The Balaban J connectivity index is 0.000000810. The fourth-order valence-corrected chi connectivity index (χ4v) is 0.493. The van der Waals surface area contributed by atoms with Gasteiger partial charge in [0.2, 0.25) is 0 Å². The third kappa shape index (κ3) is 1.38. The number of hydrogen-bond acceptors (Lipinski definition) is 3. The van der Waals surface area contributed by atoms with Gasteiger partial charge >= 0.3 is 0 Å². The van der Waals surface area contributed by atoms with E-state index in [1.165, 1.54) is 6.20 Å². The molecule has 5 N–H and O–H groups in total. The van der Waals surface area contributed by atoms with Gasteiger partial charge in [0.25, 0.3) is 5.91 Å². The molecule has 0 aromatic carbocycles. The van der Waals surface area contributed by atoms with Gasteiger partial charge in [-0.25, -0.2) is 0 Å². The number of anilines is 1. The first-order valence-corrected chi connectivity index (χ1v) is 2.30. The van der Waals surface area contributed by atoms with Crippen LogP contribution in [0, 0.1) is 0 Å². The van der Waals surface area contributed by atoms with Crippen molar-refractivity contribution in [3.8, 4) is 0 Å². The van der Waals surface area contributed by atoms with E-state index in [4.69, 9.17) is 11.5 Å². The molecule has 0 unspecified atom stereocenters. The fourth-order valence-electron chi connectivity index (χ4n) is 0.493. The van der Waals surface area contributed by atoms with Gasteiger partial charge < -0.3 is 11.5 Å². The summed E-state index contributed by atoms with van der Waals surface area (Å²) in [6, 6.07) is 0. The zero-order chi connectivity index (χ0) is 6.85. The SMILES string of the molecule is Cl.NC(=O)c1[nH]ncc1N. The summed E-state index contributed by atoms with van der Waals surface area (Å²) < 4.78 is 0. The topological polar surface area (TPSA) is 97.8 Å². The zero-order valence-corrected chi connectivity index (χ0v) is 5.81. The monoisotopic (exact) mass is 162 g/mol. The molecule has 0 fully saturated rings. The van der Waals surface area contributed by atoms with E-state index in [1.54, 1.807) is 0 Å². The number of carbonyl (C=O) groups is 1. The highest BCUT2D eigenvalue weighted by Gasteiger charge is 2.04. The standard InChI is InChI=1S/C4H6N4O.ClH/c5-2-1-7-8-3(2)4(6)9;/h1H,5H2,(H2,6,9)(H,7,8);1H. The molecule has 0 aliphatic rings. The molecule has 56 valence electrons. The highest BCUT2D eigenvalue weighted by atomic mass is 35.5. The lowest BCUT2D eigenvalue weighted by atomic mass is 10.4. The van der Waals surface area contributed by atoms with Gasteiger partial charge in [-0.3, -0.25) is 9.89 Å². The minimum atomic E-state index is -0.593. The molecule has 0 saturated carbocycles. The molecule has 1 aromatic heterocycles. The first kappa shape index (κ1) is 8.77. The van der Waals surface area contributed by atoms with Gasteiger partial charge in [0, 0.05) is 0 Å². The Kier molecular flexibility index (Phi) is 2.69. The van der Waals surface area contributed by atoms with Gasteiger partial charge in [-0.1, -0.05) is 0 Å². The molecule has 0 aliphatic carbocycles. The normalized spacial score (nSPS) is 8.40. The second kappa shape index (κ2) is 3.07. The Morgan fingerprint density at radius 2 is 2.30 bits per heavy atom. The van der Waals surface area contributed by atoms with E-state index in [0.29, 0.717) is 0 Å². The number of nitrogens with one attached hydrogen (secondary N) is 1. The highest BCUT2D eigenvalue weighted by Crippen LogP contribution is 2.02. The largest absolute Gasteiger partial charge is 0.396 e. The number of nitrogens with two attached hydrogens (primary N) is 2. The predicted molar refractivity (Wildman–Crippen MR) is 38.8 cm³/mol. The van der Waals surface area contributed by atoms with Crippen molar-refractivity contribution in [2.45, 2.75) is 0 Å². The smallest absolute Gasteiger partial charge is 0.268 e. The minimum Gasteiger partial charge on any atom is -0.396 e. The Morgan fingerprint density at radius 3 is 2.50 bits per heavy atom. The van der Waals surface area contributed by atoms with Crippen LogP contribution in [-0.2, 0) is 0 Å². The van der Waals surface area contributed by atoms with E-state index in [9.17, 15) is 4.79 Å². The van der Waals surface area contributed by atoms with E-state index >= 15 is 0 Å². The number of aromatic nitrogens is 2. The van der Waals surface area contributed by atoms with Crippen LogP contribution in [0.2, 0.25) is 0 Å². The van der Waals surface area contributed by atoms with Gasteiger partial charge in [0.1, 0.15) is 5.69 Å².